The van der Waals surface area contributed by atoms with Crippen molar-refractivity contribution in [3.63, 3.8) is 0 Å². The Bertz CT molecular complexity index is 322. The molecule has 0 radical (unpaired) electrons. The van der Waals surface area contributed by atoms with Gasteiger partial charge in [0.2, 0.25) is 0 Å². The largest absolute Gasteiger partial charge is 0.303 e. The van der Waals surface area contributed by atoms with Crippen LogP contribution in [0.2, 0.25) is 0 Å². The molecular formula is C17H27N. The number of hydrogen-bond acceptors (Lipinski definition) is 1. The van der Waals surface area contributed by atoms with Gasteiger partial charge in [-0.25, -0.2) is 0 Å². The first-order valence-electron chi connectivity index (χ1n) is 7.68. The van der Waals surface area contributed by atoms with E-state index in [1.807, 2.05) is 0 Å². The Labute approximate surface area is 112 Å². The SMILES string of the molecule is CCCCc1ccc(CCCN2CCCC2)cc1. The molecule has 0 bridgehead atoms. The Hall–Kier alpha value is -0.820. The number of benzene rings is 1. The van der Waals surface area contributed by atoms with E-state index >= 15 is 0 Å². The van der Waals surface area contributed by atoms with Gasteiger partial charge in [0.15, 0.2) is 0 Å². The van der Waals surface area contributed by atoms with Gasteiger partial charge in [-0.3, -0.25) is 0 Å². The molecule has 0 unspecified atom stereocenters. The minimum Gasteiger partial charge on any atom is -0.303 e. The first-order chi connectivity index (χ1) is 8.88. The van der Waals surface area contributed by atoms with Crippen LogP contribution in [-0.4, -0.2) is 24.5 Å². The predicted octanol–water partition coefficient (Wildman–Crippen LogP) is 4.06. The van der Waals surface area contributed by atoms with E-state index in [4.69, 9.17) is 0 Å². The second kappa shape index (κ2) is 7.58. The van der Waals surface area contributed by atoms with E-state index in [0.29, 0.717) is 0 Å². The number of rotatable bonds is 7. The Balaban J connectivity index is 1.68. The Morgan fingerprint density at radius 1 is 0.889 bits per heavy atom. The van der Waals surface area contributed by atoms with Crippen molar-refractivity contribution in [1.29, 1.82) is 0 Å². The zero-order chi connectivity index (χ0) is 12.6. The lowest BCUT2D eigenvalue weighted by Gasteiger charge is -2.14. The van der Waals surface area contributed by atoms with Gasteiger partial charge < -0.3 is 4.90 Å². The third-order valence-electron chi connectivity index (χ3n) is 3.98. The fourth-order valence-electron chi connectivity index (χ4n) is 2.77. The highest BCUT2D eigenvalue weighted by atomic mass is 15.1. The first-order valence-corrected chi connectivity index (χ1v) is 7.68. The van der Waals surface area contributed by atoms with Crippen LogP contribution in [0.4, 0.5) is 0 Å². The van der Waals surface area contributed by atoms with Crippen LogP contribution in [0.5, 0.6) is 0 Å². The summed E-state index contributed by atoms with van der Waals surface area (Å²) in [5.41, 5.74) is 3.01. The van der Waals surface area contributed by atoms with E-state index in [1.54, 1.807) is 0 Å². The highest BCUT2D eigenvalue weighted by molar-refractivity contribution is 5.22. The van der Waals surface area contributed by atoms with E-state index in [2.05, 4.69) is 36.1 Å². The van der Waals surface area contributed by atoms with Crippen molar-refractivity contribution in [2.75, 3.05) is 19.6 Å². The van der Waals surface area contributed by atoms with E-state index in [-0.39, 0.29) is 0 Å². The van der Waals surface area contributed by atoms with Crippen molar-refractivity contribution in [2.24, 2.45) is 0 Å². The van der Waals surface area contributed by atoms with Crippen molar-refractivity contribution in [1.82, 2.24) is 4.90 Å². The van der Waals surface area contributed by atoms with Crippen LogP contribution in [-0.2, 0) is 12.8 Å². The zero-order valence-electron chi connectivity index (χ0n) is 11.8. The maximum absolute atomic E-state index is 2.61. The average molecular weight is 245 g/mol. The fourth-order valence-corrected chi connectivity index (χ4v) is 2.77. The van der Waals surface area contributed by atoms with E-state index in [0.717, 1.165) is 0 Å². The molecule has 1 aromatic rings. The second-order valence-electron chi connectivity index (χ2n) is 5.57. The summed E-state index contributed by atoms with van der Waals surface area (Å²) >= 11 is 0. The lowest BCUT2D eigenvalue weighted by Crippen LogP contribution is -2.20. The lowest BCUT2D eigenvalue weighted by atomic mass is 10.0. The minimum atomic E-state index is 1.24. The summed E-state index contributed by atoms with van der Waals surface area (Å²) in [6.45, 7) is 6.20. The Morgan fingerprint density at radius 2 is 1.44 bits per heavy atom. The van der Waals surface area contributed by atoms with Crippen LogP contribution in [0.3, 0.4) is 0 Å². The van der Waals surface area contributed by atoms with Gasteiger partial charge in [0.1, 0.15) is 0 Å². The van der Waals surface area contributed by atoms with E-state index in [1.165, 1.54) is 75.7 Å². The predicted molar refractivity (Wildman–Crippen MR) is 79.0 cm³/mol. The molecule has 1 nitrogen and oxygen atoms in total. The van der Waals surface area contributed by atoms with E-state index in [9.17, 15) is 0 Å². The molecule has 1 saturated heterocycles. The normalized spacial score (nSPS) is 16.3. The molecule has 0 aromatic heterocycles. The number of hydrogen-bond donors (Lipinski definition) is 0. The molecule has 0 atom stereocenters. The van der Waals surface area contributed by atoms with Crippen LogP contribution in [0.1, 0.15) is 50.2 Å². The molecule has 1 aliphatic heterocycles. The highest BCUT2D eigenvalue weighted by Gasteiger charge is 2.10. The highest BCUT2D eigenvalue weighted by Crippen LogP contribution is 2.12. The standard InChI is InChI=1S/C17H27N/c1-2-3-7-16-9-11-17(12-10-16)8-6-15-18-13-4-5-14-18/h9-12H,2-8,13-15H2,1H3. The molecule has 0 aliphatic carbocycles. The summed E-state index contributed by atoms with van der Waals surface area (Å²) in [7, 11) is 0. The molecule has 2 rings (SSSR count). The van der Waals surface area contributed by atoms with Crippen LogP contribution in [0.15, 0.2) is 24.3 Å². The van der Waals surface area contributed by atoms with Crippen LogP contribution in [0.25, 0.3) is 0 Å². The second-order valence-corrected chi connectivity index (χ2v) is 5.57. The molecule has 1 aromatic carbocycles. The third kappa shape index (κ3) is 4.45. The first kappa shape index (κ1) is 13.6. The van der Waals surface area contributed by atoms with Gasteiger partial charge in [0.25, 0.3) is 0 Å². The molecule has 0 amide bonds. The number of likely N-dealkylation sites (tertiary alicyclic amines) is 1. The van der Waals surface area contributed by atoms with E-state index < -0.39 is 0 Å². The molecule has 0 N–H and O–H groups in total. The summed E-state index contributed by atoms with van der Waals surface area (Å²) in [5, 5.41) is 0. The van der Waals surface area contributed by atoms with Gasteiger partial charge in [-0.05, 0) is 69.3 Å². The molecule has 0 saturated carbocycles. The lowest BCUT2D eigenvalue weighted by molar-refractivity contribution is 0.334. The zero-order valence-corrected chi connectivity index (χ0v) is 11.8. The molecule has 1 aliphatic rings. The molecule has 0 spiro atoms. The number of aryl methyl sites for hydroxylation is 2. The number of unbranched alkanes of at least 4 members (excludes halogenated alkanes) is 1. The smallest absolute Gasteiger partial charge is 0.00156 e. The maximum Gasteiger partial charge on any atom is -0.00156 e. The van der Waals surface area contributed by atoms with Crippen LogP contribution < -0.4 is 0 Å². The summed E-state index contributed by atoms with van der Waals surface area (Å²) in [6, 6.07) is 9.30. The molecule has 100 valence electrons. The quantitative estimate of drug-likeness (QED) is 0.700. The monoisotopic (exact) mass is 245 g/mol. The van der Waals surface area contributed by atoms with Crippen molar-refractivity contribution in [2.45, 2.75) is 51.9 Å². The minimum absolute atomic E-state index is 1.24. The molecule has 1 heteroatoms. The van der Waals surface area contributed by atoms with Crippen molar-refractivity contribution in [3.8, 4) is 0 Å². The topological polar surface area (TPSA) is 3.24 Å². The molecule has 18 heavy (non-hydrogen) atoms. The maximum atomic E-state index is 2.61. The van der Waals surface area contributed by atoms with Crippen molar-refractivity contribution in [3.05, 3.63) is 35.4 Å². The third-order valence-corrected chi connectivity index (χ3v) is 3.98. The molecule has 1 heterocycles. The van der Waals surface area contributed by atoms with Gasteiger partial charge in [-0.15, -0.1) is 0 Å². The van der Waals surface area contributed by atoms with Gasteiger partial charge in [-0.1, -0.05) is 37.6 Å². The van der Waals surface area contributed by atoms with Crippen molar-refractivity contribution >= 4 is 0 Å². The van der Waals surface area contributed by atoms with Gasteiger partial charge in [0, 0.05) is 0 Å². The summed E-state index contributed by atoms with van der Waals surface area (Å²) in [4.78, 5) is 2.61. The van der Waals surface area contributed by atoms with Gasteiger partial charge >= 0.3 is 0 Å². The van der Waals surface area contributed by atoms with Gasteiger partial charge in [0.05, 0.1) is 0 Å². The summed E-state index contributed by atoms with van der Waals surface area (Å²) in [6.07, 6.45) is 9.22. The van der Waals surface area contributed by atoms with Gasteiger partial charge in [-0.2, -0.15) is 0 Å². The summed E-state index contributed by atoms with van der Waals surface area (Å²) < 4.78 is 0. The average Bonchev–Trinajstić information content (AvgIpc) is 2.91. The molecular weight excluding hydrogens is 218 g/mol. The fraction of sp³-hybridized carbons (Fsp3) is 0.647. The summed E-state index contributed by atoms with van der Waals surface area (Å²) in [5.74, 6) is 0. The van der Waals surface area contributed by atoms with Crippen LogP contribution >= 0.6 is 0 Å². The van der Waals surface area contributed by atoms with Crippen LogP contribution in [0, 0.1) is 0 Å². The molecule has 1 fully saturated rings. The Kier molecular flexibility index (Phi) is 5.73. The van der Waals surface area contributed by atoms with Crippen molar-refractivity contribution < 1.29 is 0 Å². The number of nitrogens with zero attached hydrogens (tertiary/aromatic N) is 1. The Morgan fingerprint density at radius 3 is 2.00 bits per heavy atom.